The molecule has 0 spiro atoms. The Morgan fingerprint density at radius 3 is 1.81 bits per heavy atom. The van der Waals surface area contributed by atoms with Gasteiger partial charge in [-0.25, -0.2) is 0 Å². The highest BCUT2D eigenvalue weighted by Crippen LogP contribution is 2.36. The van der Waals surface area contributed by atoms with Crippen molar-refractivity contribution >= 4 is 5.69 Å². The molecule has 0 aromatic heterocycles. The SMILES string of the molecule is C#CNc1c(-c2cc(C)c(C)c(C)c2)cc(C)c(C)c1C. The third-order valence-electron chi connectivity index (χ3n) is 4.59. The van der Waals surface area contributed by atoms with E-state index in [2.05, 4.69) is 71.1 Å². The molecule has 0 amide bonds. The summed E-state index contributed by atoms with van der Waals surface area (Å²) >= 11 is 0. The van der Waals surface area contributed by atoms with Crippen LogP contribution in [0.5, 0.6) is 0 Å². The molecule has 1 nitrogen and oxygen atoms in total. The molecule has 0 heterocycles. The highest BCUT2D eigenvalue weighted by Gasteiger charge is 2.13. The number of nitrogens with one attached hydrogen (secondary N) is 1. The lowest BCUT2D eigenvalue weighted by atomic mass is 9.91. The highest BCUT2D eigenvalue weighted by molar-refractivity contribution is 5.83. The predicted molar refractivity (Wildman–Crippen MR) is 92.8 cm³/mol. The van der Waals surface area contributed by atoms with E-state index in [1.54, 1.807) is 0 Å². The van der Waals surface area contributed by atoms with Crippen LogP contribution in [0, 0.1) is 54.0 Å². The van der Waals surface area contributed by atoms with Gasteiger partial charge < -0.3 is 5.32 Å². The maximum absolute atomic E-state index is 5.49. The van der Waals surface area contributed by atoms with Crippen LogP contribution in [0.15, 0.2) is 18.2 Å². The van der Waals surface area contributed by atoms with E-state index >= 15 is 0 Å². The zero-order valence-corrected chi connectivity index (χ0v) is 13.8. The van der Waals surface area contributed by atoms with Crippen molar-refractivity contribution in [3.8, 4) is 23.6 Å². The number of aryl methyl sites for hydroxylation is 3. The van der Waals surface area contributed by atoms with Crippen molar-refractivity contribution in [3.05, 3.63) is 51.6 Å². The van der Waals surface area contributed by atoms with E-state index in [1.807, 2.05) is 0 Å². The Morgan fingerprint density at radius 1 is 0.762 bits per heavy atom. The minimum Gasteiger partial charge on any atom is -0.314 e. The zero-order chi connectivity index (χ0) is 15.7. The second-order valence-electron chi connectivity index (χ2n) is 5.87. The Bertz CT molecular complexity index is 722. The zero-order valence-electron chi connectivity index (χ0n) is 13.8. The first-order valence-electron chi connectivity index (χ1n) is 7.27. The minimum absolute atomic E-state index is 1.04. The molecule has 0 saturated carbocycles. The topological polar surface area (TPSA) is 12.0 Å². The average Bonchev–Trinajstić information content (AvgIpc) is 2.44. The van der Waals surface area contributed by atoms with Gasteiger partial charge in [0, 0.05) is 11.6 Å². The molecule has 21 heavy (non-hydrogen) atoms. The molecule has 0 bridgehead atoms. The summed E-state index contributed by atoms with van der Waals surface area (Å²) in [7, 11) is 0. The molecule has 0 radical (unpaired) electrons. The first kappa shape index (κ1) is 15.2. The van der Waals surface area contributed by atoms with E-state index in [4.69, 9.17) is 6.42 Å². The molecule has 1 heteroatoms. The van der Waals surface area contributed by atoms with Crippen LogP contribution in [0.4, 0.5) is 5.69 Å². The summed E-state index contributed by atoms with van der Waals surface area (Å²) in [6.45, 7) is 12.9. The van der Waals surface area contributed by atoms with E-state index in [9.17, 15) is 0 Å². The molecule has 0 saturated heterocycles. The molecule has 0 aliphatic heterocycles. The van der Waals surface area contributed by atoms with Crippen molar-refractivity contribution in [1.29, 1.82) is 0 Å². The van der Waals surface area contributed by atoms with Crippen LogP contribution in [0.1, 0.15) is 33.4 Å². The van der Waals surface area contributed by atoms with E-state index in [1.165, 1.54) is 44.5 Å². The Hall–Kier alpha value is -2.20. The standard InChI is InChI=1S/C20H23N/c1-8-21-20-17(7)16(6)14(4)11-19(20)18-9-12(2)15(5)13(3)10-18/h1,9-11,21H,2-7H3. The van der Waals surface area contributed by atoms with E-state index in [0.717, 1.165) is 5.69 Å². The normalized spacial score (nSPS) is 10.3. The second-order valence-corrected chi connectivity index (χ2v) is 5.87. The van der Waals surface area contributed by atoms with Gasteiger partial charge in [-0.15, -0.1) is 0 Å². The largest absolute Gasteiger partial charge is 0.314 e. The van der Waals surface area contributed by atoms with Crippen molar-refractivity contribution in [2.75, 3.05) is 5.32 Å². The molecular formula is C20H23N. The van der Waals surface area contributed by atoms with Gasteiger partial charge in [-0.2, -0.15) is 0 Å². The Balaban J connectivity index is 2.77. The van der Waals surface area contributed by atoms with Crippen molar-refractivity contribution in [1.82, 2.24) is 0 Å². The van der Waals surface area contributed by atoms with Crippen LogP contribution in [-0.4, -0.2) is 0 Å². The third kappa shape index (κ3) is 2.67. The number of anilines is 1. The van der Waals surface area contributed by atoms with Gasteiger partial charge in [0.05, 0.1) is 5.69 Å². The van der Waals surface area contributed by atoms with Crippen molar-refractivity contribution < 1.29 is 0 Å². The fourth-order valence-corrected chi connectivity index (χ4v) is 2.73. The van der Waals surface area contributed by atoms with E-state index in [-0.39, 0.29) is 0 Å². The number of hydrogen-bond acceptors (Lipinski definition) is 1. The molecule has 2 aromatic carbocycles. The van der Waals surface area contributed by atoms with Gasteiger partial charge >= 0.3 is 0 Å². The first-order valence-corrected chi connectivity index (χ1v) is 7.27. The quantitative estimate of drug-likeness (QED) is 0.587. The predicted octanol–water partition coefficient (Wildman–Crippen LogP) is 5.21. The van der Waals surface area contributed by atoms with Crippen molar-refractivity contribution in [2.45, 2.75) is 41.5 Å². The average molecular weight is 277 g/mol. The molecule has 0 aliphatic rings. The maximum atomic E-state index is 5.49. The Morgan fingerprint density at radius 2 is 1.29 bits per heavy atom. The maximum Gasteiger partial charge on any atom is 0.0569 e. The van der Waals surface area contributed by atoms with Crippen LogP contribution in [0.25, 0.3) is 11.1 Å². The van der Waals surface area contributed by atoms with Gasteiger partial charge in [-0.3, -0.25) is 0 Å². The molecule has 2 aromatic rings. The van der Waals surface area contributed by atoms with E-state index < -0.39 is 0 Å². The van der Waals surface area contributed by atoms with Gasteiger partial charge in [-0.1, -0.05) is 18.6 Å². The van der Waals surface area contributed by atoms with Gasteiger partial charge in [-0.05, 0) is 86.6 Å². The van der Waals surface area contributed by atoms with Crippen molar-refractivity contribution in [3.63, 3.8) is 0 Å². The number of hydrogen-bond donors (Lipinski definition) is 1. The highest BCUT2D eigenvalue weighted by atomic mass is 14.8. The molecule has 2 rings (SSSR count). The molecule has 0 unspecified atom stereocenters. The lowest BCUT2D eigenvalue weighted by molar-refractivity contribution is 1.25. The van der Waals surface area contributed by atoms with Gasteiger partial charge in [0.15, 0.2) is 0 Å². The van der Waals surface area contributed by atoms with Crippen molar-refractivity contribution in [2.24, 2.45) is 0 Å². The molecule has 0 aliphatic carbocycles. The molecule has 0 atom stereocenters. The monoisotopic (exact) mass is 277 g/mol. The summed E-state index contributed by atoms with van der Waals surface area (Å²) in [5.74, 6) is 0. The van der Waals surface area contributed by atoms with Crippen LogP contribution in [-0.2, 0) is 0 Å². The van der Waals surface area contributed by atoms with Gasteiger partial charge in [0.2, 0.25) is 0 Å². The molecule has 0 fully saturated rings. The fraction of sp³-hybridized carbons (Fsp3) is 0.300. The summed E-state index contributed by atoms with van der Waals surface area (Å²) in [5.41, 5.74) is 11.2. The Labute approximate surface area is 128 Å². The van der Waals surface area contributed by atoms with Crippen LogP contribution < -0.4 is 5.32 Å². The lowest BCUT2D eigenvalue weighted by Crippen LogP contribution is -2.00. The Kier molecular flexibility index (Phi) is 4.09. The van der Waals surface area contributed by atoms with E-state index in [0.29, 0.717) is 0 Å². The summed E-state index contributed by atoms with van der Waals surface area (Å²) in [6.07, 6.45) is 5.49. The summed E-state index contributed by atoms with van der Waals surface area (Å²) < 4.78 is 0. The summed E-state index contributed by atoms with van der Waals surface area (Å²) in [6, 6.07) is 9.29. The molecule has 108 valence electrons. The lowest BCUT2D eigenvalue weighted by Gasteiger charge is -2.18. The first-order chi connectivity index (χ1) is 9.86. The second kappa shape index (κ2) is 5.66. The fourth-order valence-electron chi connectivity index (χ4n) is 2.73. The third-order valence-corrected chi connectivity index (χ3v) is 4.59. The molecular weight excluding hydrogens is 254 g/mol. The number of benzene rings is 2. The number of rotatable bonds is 2. The van der Waals surface area contributed by atoms with Crippen LogP contribution in [0.2, 0.25) is 0 Å². The minimum atomic E-state index is 1.04. The molecule has 1 N–H and O–H groups in total. The summed E-state index contributed by atoms with van der Waals surface area (Å²) in [4.78, 5) is 0. The van der Waals surface area contributed by atoms with Gasteiger partial charge in [0.25, 0.3) is 0 Å². The van der Waals surface area contributed by atoms with Gasteiger partial charge in [0.1, 0.15) is 0 Å². The smallest absolute Gasteiger partial charge is 0.0569 e. The number of terminal acetylenes is 1. The van der Waals surface area contributed by atoms with Crippen LogP contribution in [0.3, 0.4) is 0 Å². The van der Waals surface area contributed by atoms with Crippen LogP contribution >= 0.6 is 0 Å². The summed E-state index contributed by atoms with van der Waals surface area (Å²) in [5, 5.41) is 3.09.